The lowest BCUT2D eigenvalue weighted by molar-refractivity contribution is 0.0827. The molecule has 6 nitrogen and oxygen atoms in total. The summed E-state index contributed by atoms with van der Waals surface area (Å²) in [5.41, 5.74) is 9.93. The van der Waals surface area contributed by atoms with Gasteiger partial charge in [0.15, 0.2) is 0 Å². The molecule has 0 aliphatic heterocycles. The molecule has 0 saturated carbocycles. The van der Waals surface area contributed by atoms with E-state index in [1.807, 2.05) is 31.2 Å². The quantitative estimate of drug-likeness (QED) is 0.713. The number of aromatic nitrogens is 3. The molecule has 0 bridgehead atoms. The van der Waals surface area contributed by atoms with Crippen molar-refractivity contribution < 1.29 is 4.79 Å². The molecule has 0 fully saturated rings. The summed E-state index contributed by atoms with van der Waals surface area (Å²) in [4.78, 5) is 26.5. The maximum Gasteiger partial charge on any atom is 0.253 e. The Balaban J connectivity index is 2.13. The molecular formula is C21H19N5O. The fraction of sp³-hybridized carbons (Fsp3) is 0.143. The van der Waals surface area contributed by atoms with Crippen LogP contribution < -0.4 is 5.73 Å². The zero-order chi connectivity index (χ0) is 19.4. The third-order valence-corrected chi connectivity index (χ3v) is 3.89. The molecule has 2 aromatic heterocycles. The Morgan fingerprint density at radius 2 is 1.93 bits per heavy atom. The van der Waals surface area contributed by atoms with Gasteiger partial charge in [0.05, 0.1) is 17.0 Å². The average Bonchev–Trinajstić information content (AvgIpc) is 2.67. The highest BCUT2D eigenvalue weighted by molar-refractivity contribution is 5.95. The molecule has 1 aromatic carbocycles. The van der Waals surface area contributed by atoms with Gasteiger partial charge >= 0.3 is 0 Å². The minimum Gasteiger partial charge on any atom is -0.368 e. The van der Waals surface area contributed by atoms with Crippen molar-refractivity contribution in [1.82, 2.24) is 19.9 Å². The van der Waals surface area contributed by atoms with E-state index in [-0.39, 0.29) is 11.9 Å². The molecule has 0 spiro atoms. The van der Waals surface area contributed by atoms with Gasteiger partial charge in [-0.15, -0.1) is 0 Å². The van der Waals surface area contributed by atoms with Gasteiger partial charge in [-0.2, -0.15) is 0 Å². The number of carbonyl (C=O) groups is 1. The number of nitrogen functional groups attached to an aromatic ring is 1. The largest absolute Gasteiger partial charge is 0.368 e. The monoisotopic (exact) mass is 357 g/mol. The van der Waals surface area contributed by atoms with Crippen molar-refractivity contribution in [2.24, 2.45) is 0 Å². The fourth-order valence-electron chi connectivity index (χ4n) is 2.58. The number of hydrogen-bond acceptors (Lipinski definition) is 5. The van der Waals surface area contributed by atoms with Crippen LogP contribution in [-0.4, -0.2) is 39.9 Å². The summed E-state index contributed by atoms with van der Waals surface area (Å²) in [5.74, 6) is 6.29. The van der Waals surface area contributed by atoms with Crippen molar-refractivity contribution in [3.63, 3.8) is 0 Å². The van der Waals surface area contributed by atoms with Crippen LogP contribution in [0.2, 0.25) is 0 Å². The Morgan fingerprint density at radius 3 is 2.63 bits per heavy atom. The molecule has 1 amide bonds. The number of nitrogens with zero attached hydrogens (tertiary/aromatic N) is 4. The molecular weight excluding hydrogens is 338 g/mol. The zero-order valence-electron chi connectivity index (χ0n) is 15.4. The van der Waals surface area contributed by atoms with Crippen LogP contribution in [0.1, 0.15) is 27.2 Å². The molecule has 0 radical (unpaired) electrons. The summed E-state index contributed by atoms with van der Waals surface area (Å²) in [6.07, 6.45) is 3.39. The lowest BCUT2D eigenvalue weighted by Crippen LogP contribution is -2.21. The number of hydrogen-bond donors (Lipinski definition) is 1. The van der Waals surface area contributed by atoms with Crippen molar-refractivity contribution >= 4 is 11.9 Å². The van der Waals surface area contributed by atoms with E-state index < -0.39 is 0 Å². The maximum absolute atomic E-state index is 12.3. The van der Waals surface area contributed by atoms with Crippen LogP contribution in [0.25, 0.3) is 11.3 Å². The van der Waals surface area contributed by atoms with E-state index in [1.54, 1.807) is 38.6 Å². The van der Waals surface area contributed by atoms with Crippen LogP contribution >= 0.6 is 0 Å². The van der Waals surface area contributed by atoms with Crippen molar-refractivity contribution in [1.29, 1.82) is 0 Å². The minimum atomic E-state index is -0.0846. The SMILES string of the molecule is Cc1nc(N)nc(-c2cccc(C(=O)N(C)C)c2)c1C#Cc1cccnc1. The third-order valence-electron chi connectivity index (χ3n) is 3.89. The number of amides is 1. The Morgan fingerprint density at radius 1 is 1.11 bits per heavy atom. The highest BCUT2D eigenvalue weighted by Gasteiger charge is 2.14. The molecule has 27 heavy (non-hydrogen) atoms. The second-order valence-corrected chi connectivity index (χ2v) is 6.16. The van der Waals surface area contributed by atoms with E-state index in [1.165, 1.54) is 4.90 Å². The van der Waals surface area contributed by atoms with Crippen LogP contribution in [0, 0.1) is 18.8 Å². The number of benzene rings is 1. The van der Waals surface area contributed by atoms with Crippen LogP contribution in [0.15, 0.2) is 48.8 Å². The Kier molecular flexibility index (Phi) is 5.13. The van der Waals surface area contributed by atoms with E-state index in [4.69, 9.17) is 5.73 Å². The Labute approximate surface area is 158 Å². The van der Waals surface area contributed by atoms with E-state index in [9.17, 15) is 4.79 Å². The summed E-state index contributed by atoms with van der Waals surface area (Å²) in [5, 5.41) is 0. The molecule has 0 saturated heterocycles. The normalized spacial score (nSPS) is 10.0. The summed E-state index contributed by atoms with van der Waals surface area (Å²) in [6, 6.07) is 11.0. The minimum absolute atomic E-state index is 0.0846. The summed E-state index contributed by atoms with van der Waals surface area (Å²) in [7, 11) is 3.43. The zero-order valence-corrected chi connectivity index (χ0v) is 15.4. The number of nitrogens with two attached hydrogens (primary N) is 1. The second-order valence-electron chi connectivity index (χ2n) is 6.16. The molecule has 0 aliphatic carbocycles. The maximum atomic E-state index is 12.3. The van der Waals surface area contributed by atoms with Gasteiger partial charge in [0.2, 0.25) is 5.95 Å². The summed E-state index contributed by atoms with van der Waals surface area (Å²) in [6.45, 7) is 1.84. The average molecular weight is 357 g/mol. The van der Waals surface area contributed by atoms with Gasteiger partial charge in [-0.3, -0.25) is 9.78 Å². The van der Waals surface area contributed by atoms with Crippen LogP contribution in [0.4, 0.5) is 5.95 Å². The van der Waals surface area contributed by atoms with Crippen LogP contribution in [0.3, 0.4) is 0 Å². The third kappa shape index (κ3) is 4.10. The van der Waals surface area contributed by atoms with E-state index in [0.29, 0.717) is 22.5 Å². The Hall–Kier alpha value is -3.72. The standard InChI is InChI=1S/C21H19N5O/c1-14-18(10-9-15-6-5-11-23-13-15)19(25-21(22)24-14)16-7-4-8-17(12-16)20(27)26(2)3/h4-8,11-13H,1-3H3,(H2,22,24,25). The van der Waals surface area contributed by atoms with E-state index in [0.717, 1.165) is 11.1 Å². The van der Waals surface area contributed by atoms with E-state index >= 15 is 0 Å². The van der Waals surface area contributed by atoms with Gasteiger partial charge in [-0.05, 0) is 31.2 Å². The summed E-state index contributed by atoms with van der Waals surface area (Å²) < 4.78 is 0. The van der Waals surface area contributed by atoms with Crippen molar-refractivity contribution in [2.45, 2.75) is 6.92 Å². The van der Waals surface area contributed by atoms with Gasteiger partial charge < -0.3 is 10.6 Å². The molecule has 6 heteroatoms. The first-order valence-corrected chi connectivity index (χ1v) is 8.34. The first kappa shape index (κ1) is 18.1. The molecule has 2 heterocycles. The number of anilines is 1. The topological polar surface area (TPSA) is 85.0 Å². The molecule has 3 aromatic rings. The smallest absolute Gasteiger partial charge is 0.253 e. The van der Waals surface area contributed by atoms with Gasteiger partial charge in [0.25, 0.3) is 5.91 Å². The Bertz CT molecular complexity index is 1050. The lowest BCUT2D eigenvalue weighted by atomic mass is 10.0. The van der Waals surface area contributed by atoms with Gasteiger partial charge in [-0.25, -0.2) is 9.97 Å². The van der Waals surface area contributed by atoms with Crippen molar-refractivity contribution in [3.05, 3.63) is 71.2 Å². The molecule has 3 rings (SSSR count). The first-order valence-electron chi connectivity index (χ1n) is 8.34. The molecule has 134 valence electrons. The number of pyridine rings is 1. The van der Waals surface area contributed by atoms with E-state index in [2.05, 4.69) is 26.8 Å². The predicted octanol–water partition coefficient (Wildman–Crippen LogP) is 2.53. The number of rotatable bonds is 2. The fourth-order valence-corrected chi connectivity index (χ4v) is 2.58. The van der Waals surface area contributed by atoms with Gasteiger partial charge in [-0.1, -0.05) is 24.0 Å². The molecule has 0 unspecified atom stereocenters. The number of carbonyl (C=O) groups excluding carboxylic acids is 1. The van der Waals surface area contributed by atoms with Crippen LogP contribution in [-0.2, 0) is 0 Å². The summed E-state index contributed by atoms with van der Waals surface area (Å²) >= 11 is 0. The first-order chi connectivity index (χ1) is 13.0. The van der Waals surface area contributed by atoms with Gasteiger partial charge in [0, 0.05) is 43.2 Å². The lowest BCUT2D eigenvalue weighted by Gasteiger charge is -2.12. The van der Waals surface area contributed by atoms with Gasteiger partial charge in [0.1, 0.15) is 0 Å². The van der Waals surface area contributed by atoms with Crippen LogP contribution in [0.5, 0.6) is 0 Å². The van der Waals surface area contributed by atoms with Crippen molar-refractivity contribution in [3.8, 4) is 23.1 Å². The molecule has 0 aliphatic rings. The molecule has 0 atom stereocenters. The predicted molar refractivity (Wildman–Crippen MR) is 105 cm³/mol. The number of aryl methyl sites for hydroxylation is 1. The highest BCUT2D eigenvalue weighted by Crippen LogP contribution is 2.25. The van der Waals surface area contributed by atoms with Crippen molar-refractivity contribution in [2.75, 3.05) is 19.8 Å². The highest BCUT2D eigenvalue weighted by atomic mass is 16.2. The second kappa shape index (κ2) is 7.67. The molecule has 2 N–H and O–H groups in total.